The van der Waals surface area contributed by atoms with Gasteiger partial charge in [0.05, 0.1) is 25.2 Å². The Kier molecular flexibility index (Phi) is 6.67. The van der Waals surface area contributed by atoms with Gasteiger partial charge in [0, 0.05) is 24.5 Å². The van der Waals surface area contributed by atoms with Crippen LogP contribution in [0, 0.1) is 13.8 Å². The Morgan fingerprint density at radius 2 is 1.73 bits per heavy atom. The smallest absolute Gasteiger partial charge is 0.247 e. The van der Waals surface area contributed by atoms with Crippen LogP contribution in [-0.2, 0) is 19.6 Å². The first-order valence-electron chi connectivity index (χ1n) is 9.97. The van der Waals surface area contributed by atoms with Crippen LogP contribution in [0.3, 0.4) is 0 Å². The van der Waals surface area contributed by atoms with Crippen molar-refractivity contribution >= 4 is 33.0 Å². The topological polar surface area (TPSA) is 79.0 Å². The third-order valence-electron chi connectivity index (χ3n) is 5.20. The number of anilines is 3. The van der Waals surface area contributed by atoms with E-state index in [9.17, 15) is 13.2 Å². The quantitative estimate of drug-likeness (QED) is 0.761. The van der Waals surface area contributed by atoms with Gasteiger partial charge in [-0.3, -0.25) is 9.10 Å². The van der Waals surface area contributed by atoms with Gasteiger partial charge < -0.3 is 15.0 Å². The van der Waals surface area contributed by atoms with Crippen LogP contribution in [-0.4, -0.2) is 52.9 Å². The summed E-state index contributed by atoms with van der Waals surface area (Å²) in [6.07, 6.45) is 1.12. The Morgan fingerprint density at radius 3 is 2.33 bits per heavy atom. The standard InChI is InChI=1S/C22H29N3O4S/c1-16-5-6-17(2)21(15-16)25(30(4,27)28)18(3)22(26)23-19-7-9-20(10-8-19)24-11-13-29-14-12-24/h5-10,15,18H,11-14H2,1-4H3,(H,23,26). The summed E-state index contributed by atoms with van der Waals surface area (Å²) in [6, 6.07) is 12.2. The highest BCUT2D eigenvalue weighted by molar-refractivity contribution is 7.92. The van der Waals surface area contributed by atoms with Gasteiger partial charge in [0.1, 0.15) is 6.04 Å². The summed E-state index contributed by atoms with van der Waals surface area (Å²) in [6.45, 7) is 8.40. The van der Waals surface area contributed by atoms with E-state index in [-0.39, 0.29) is 5.91 Å². The molecule has 1 N–H and O–H groups in total. The maximum absolute atomic E-state index is 12.9. The summed E-state index contributed by atoms with van der Waals surface area (Å²) < 4.78 is 31.6. The Labute approximate surface area is 178 Å². The molecule has 1 aliphatic heterocycles. The molecular formula is C22H29N3O4S. The molecule has 0 bridgehead atoms. The number of aryl methyl sites for hydroxylation is 2. The Balaban J connectivity index is 1.78. The lowest BCUT2D eigenvalue weighted by Gasteiger charge is -2.30. The molecule has 2 aromatic rings. The molecule has 1 saturated heterocycles. The summed E-state index contributed by atoms with van der Waals surface area (Å²) in [7, 11) is -3.66. The number of hydrogen-bond acceptors (Lipinski definition) is 5. The van der Waals surface area contributed by atoms with Gasteiger partial charge in [-0.25, -0.2) is 8.42 Å². The fourth-order valence-electron chi connectivity index (χ4n) is 3.56. The molecule has 0 radical (unpaired) electrons. The van der Waals surface area contributed by atoms with E-state index in [0.29, 0.717) is 24.6 Å². The second-order valence-electron chi connectivity index (χ2n) is 7.66. The van der Waals surface area contributed by atoms with Crippen molar-refractivity contribution in [2.24, 2.45) is 0 Å². The second-order valence-corrected chi connectivity index (χ2v) is 9.52. The maximum atomic E-state index is 12.9. The predicted octanol–water partition coefficient (Wildman–Crippen LogP) is 2.93. The van der Waals surface area contributed by atoms with E-state index in [1.165, 1.54) is 4.31 Å². The Bertz CT molecular complexity index is 1000. The number of nitrogens with one attached hydrogen (secondary N) is 1. The van der Waals surface area contributed by atoms with E-state index in [1.54, 1.807) is 13.0 Å². The molecule has 3 rings (SSSR count). The van der Waals surface area contributed by atoms with E-state index < -0.39 is 16.1 Å². The highest BCUT2D eigenvalue weighted by atomic mass is 32.2. The first-order chi connectivity index (χ1) is 14.2. The average molecular weight is 432 g/mol. The molecule has 1 atom stereocenters. The number of morpholine rings is 1. The van der Waals surface area contributed by atoms with Gasteiger partial charge in [-0.05, 0) is 62.2 Å². The summed E-state index contributed by atoms with van der Waals surface area (Å²) in [5.74, 6) is -0.388. The van der Waals surface area contributed by atoms with Gasteiger partial charge in [0.2, 0.25) is 15.9 Å². The van der Waals surface area contributed by atoms with Crippen LogP contribution in [0.5, 0.6) is 0 Å². The second kappa shape index (κ2) is 9.06. The zero-order valence-electron chi connectivity index (χ0n) is 17.9. The van der Waals surface area contributed by atoms with E-state index >= 15 is 0 Å². The minimum absolute atomic E-state index is 0.388. The largest absolute Gasteiger partial charge is 0.378 e. The van der Waals surface area contributed by atoms with Crippen molar-refractivity contribution < 1.29 is 17.9 Å². The van der Waals surface area contributed by atoms with Crippen LogP contribution in [0.25, 0.3) is 0 Å². The summed E-state index contributed by atoms with van der Waals surface area (Å²) in [5.41, 5.74) is 3.93. The van der Waals surface area contributed by atoms with Gasteiger partial charge in [-0.15, -0.1) is 0 Å². The zero-order chi connectivity index (χ0) is 21.9. The molecule has 1 fully saturated rings. The van der Waals surface area contributed by atoms with Crippen molar-refractivity contribution in [1.82, 2.24) is 0 Å². The maximum Gasteiger partial charge on any atom is 0.247 e. The van der Waals surface area contributed by atoms with E-state index in [4.69, 9.17) is 4.74 Å². The van der Waals surface area contributed by atoms with E-state index in [0.717, 1.165) is 36.2 Å². The lowest BCUT2D eigenvalue weighted by Crippen LogP contribution is -2.45. The van der Waals surface area contributed by atoms with Crippen molar-refractivity contribution in [1.29, 1.82) is 0 Å². The number of ether oxygens (including phenoxy) is 1. The minimum atomic E-state index is -3.66. The molecule has 30 heavy (non-hydrogen) atoms. The lowest BCUT2D eigenvalue weighted by molar-refractivity contribution is -0.116. The highest BCUT2D eigenvalue weighted by Gasteiger charge is 2.30. The molecule has 1 amide bonds. The van der Waals surface area contributed by atoms with E-state index in [1.807, 2.05) is 50.2 Å². The third kappa shape index (κ3) is 5.12. The SMILES string of the molecule is Cc1ccc(C)c(N(C(C)C(=O)Nc2ccc(N3CCOCC3)cc2)S(C)(=O)=O)c1. The van der Waals surface area contributed by atoms with Crippen LogP contribution >= 0.6 is 0 Å². The molecule has 0 spiro atoms. The molecule has 1 heterocycles. The number of carbonyl (C=O) groups excluding carboxylic acids is 1. The molecule has 1 unspecified atom stereocenters. The van der Waals surface area contributed by atoms with Crippen LogP contribution < -0.4 is 14.5 Å². The number of carbonyl (C=O) groups is 1. The number of rotatable bonds is 6. The highest BCUT2D eigenvalue weighted by Crippen LogP contribution is 2.27. The summed E-state index contributed by atoms with van der Waals surface area (Å²) in [5, 5.41) is 2.84. The summed E-state index contributed by atoms with van der Waals surface area (Å²) in [4.78, 5) is 15.1. The van der Waals surface area contributed by atoms with Gasteiger partial charge >= 0.3 is 0 Å². The number of sulfonamides is 1. The first kappa shape index (κ1) is 22.1. The minimum Gasteiger partial charge on any atom is -0.378 e. The van der Waals surface area contributed by atoms with Crippen LogP contribution in [0.15, 0.2) is 42.5 Å². The van der Waals surface area contributed by atoms with Gasteiger partial charge in [-0.2, -0.15) is 0 Å². The Hall–Kier alpha value is -2.58. The Morgan fingerprint density at radius 1 is 1.10 bits per heavy atom. The van der Waals surface area contributed by atoms with Gasteiger partial charge in [0.25, 0.3) is 0 Å². The summed E-state index contributed by atoms with van der Waals surface area (Å²) >= 11 is 0. The number of nitrogens with zero attached hydrogens (tertiary/aromatic N) is 2. The van der Waals surface area contributed by atoms with Crippen molar-refractivity contribution in [2.45, 2.75) is 26.8 Å². The normalized spacial score (nSPS) is 15.5. The third-order valence-corrected chi connectivity index (χ3v) is 6.43. The van der Waals surface area contributed by atoms with Crippen molar-refractivity contribution in [2.75, 3.05) is 47.1 Å². The fourth-order valence-corrected chi connectivity index (χ4v) is 4.79. The molecular weight excluding hydrogens is 402 g/mol. The zero-order valence-corrected chi connectivity index (χ0v) is 18.7. The molecule has 7 nitrogen and oxygen atoms in total. The monoisotopic (exact) mass is 431 g/mol. The molecule has 0 saturated carbocycles. The first-order valence-corrected chi connectivity index (χ1v) is 11.8. The number of hydrogen-bond donors (Lipinski definition) is 1. The van der Waals surface area contributed by atoms with Crippen molar-refractivity contribution in [3.63, 3.8) is 0 Å². The molecule has 162 valence electrons. The number of benzene rings is 2. The van der Waals surface area contributed by atoms with Gasteiger partial charge in [0.15, 0.2) is 0 Å². The number of amides is 1. The lowest BCUT2D eigenvalue weighted by atomic mass is 10.1. The molecule has 2 aromatic carbocycles. The average Bonchev–Trinajstić information content (AvgIpc) is 2.71. The molecule has 1 aliphatic rings. The van der Waals surface area contributed by atoms with Crippen molar-refractivity contribution in [3.05, 3.63) is 53.6 Å². The van der Waals surface area contributed by atoms with Crippen molar-refractivity contribution in [3.8, 4) is 0 Å². The van der Waals surface area contributed by atoms with Crippen LogP contribution in [0.1, 0.15) is 18.1 Å². The molecule has 0 aromatic heterocycles. The molecule has 8 heteroatoms. The van der Waals surface area contributed by atoms with Crippen LogP contribution in [0.2, 0.25) is 0 Å². The van der Waals surface area contributed by atoms with Crippen LogP contribution in [0.4, 0.5) is 17.1 Å². The predicted molar refractivity (Wildman–Crippen MR) is 121 cm³/mol. The molecule has 0 aliphatic carbocycles. The fraction of sp³-hybridized carbons (Fsp3) is 0.409. The van der Waals surface area contributed by atoms with Gasteiger partial charge in [-0.1, -0.05) is 12.1 Å². The van der Waals surface area contributed by atoms with E-state index in [2.05, 4.69) is 10.2 Å².